The summed E-state index contributed by atoms with van der Waals surface area (Å²) in [7, 11) is 0. The maximum absolute atomic E-state index is 12.9. The number of carbonyl (C=O) groups excluding carboxylic acids is 1. The molecule has 0 aliphatic rings. The highest BCUT2D eigenvalue weighted by molar-refractivity contribution is 6.02. The van der Waals surface area contributed by atoms with E-state index in [9.17, 15) is 9.18 Å². The van der Waals surface area contributed by atoms with Crippen molar-refractivity contribution in [1.82, 2.24) is 10.3 Å². The lowest BCUT2D eigenvalue weighted by molar-refractivity contribution is 0.0987. The summed E-state index contributed by atoms with van der Waals surface area (Å²) < 4.78 is 22.7. The predicted molar refractivity (Wildman–Crippen MR) is 71.1 cm³/mol. The summed E-state index contributed by atoms with van der Waals surface area (Å²) in [5, 5.41) is 9.94. The molecule has 1 aromatic carbocycles. The highest BCUT2D eigenvalue weighted by Crippen LogP contribution is 2.20. The Morgan fingerprint density at radius 3 is 2.57 bits per heavy atom. The van der Waals surface area contributed by atoms with Gasteiger partial charge in [-0.2, -0.15) is 0 Å². The van der Waals surface area contributed by atoms with Crippen LogP contribution in [0.5, 0.6) is 0 Å². The molecule has 2 heterocycles. The summed E-state index contributed by atoms with van der Waals surface area (Å²) in [6.07, 6.45) is 0. The van der Waals surface area contributed by atoms with Crippen LogP contribution in [0.1, 0.15) is 16.3 Å². The molecule has 0 radical (unpaired) electrons. The third-order valence-corrected chi connectivity index (χ3v) is 2.74. The summed E-state index contributed by atoms with van der Waals surface area (Å²) in [5.41, 5.74) is 1.09. The Bertz CT molecular complexity index is 777. The zero-order chi connectivity index (χ0) is 14.8. The van der Waals surface area contributed by atoms with Gasteiger partial charge in [0, 0.05) is 17.7 Å². The molecule has 2 aromatic heterocycles. The third kappa shape index (κ3) is 2.81. The van der Waals surface area contributed by atoms with Crippen molar-refractivity contribution >= 4 is 11.7 Å². The number of amides is 1. The van der Waals surface area contributed by atoms with E-state index >= 15 is 0 Å². The molecule has 0 saturated heterocycles. The molecule has 0 bridgehead atoms. The number of nitrogens with zero attached hydrogens (tertiary/aromatic N) is 2. The fourth-order valence-corrected chi connectivity index (χ4v) is 1.74. The molecule has 106 valence electrons. The van der Waals surface area contributed by atoms with Gasteiger partial charge in [-0.25, -0.2) is 4.39 Å². The molecule has 0 spiro atoms. The number of aryl methyl sites for hydroxylation is 1. The summed E-state index contributed by atoms with van der Waals surface area (Å²) in [4.78, 5) is 11.9. The first kappa shape index (κ1) is 13.0. The number of anilines is 1. The van der Waals surface area contributed by atoms with Crippen molar-refractivity contribution < 1.29 is 18.2 Å². The largest absolute Gasteiger partial charge is 0.360 e. The highest BCUT2D eigenvalue weighted by Gasteiger charge is 2.15. The Kier molecular flexibility index (Phi) is 3.23. The van der Waals surface area contributed by atoms with Crippen LogP contribution in [0.15, 0.2) is 45.4 Å². The lowest BCUT2D eigenvalue weighted by Crippen LogP contribution is -2.10. The number of rotatable bonds is 3. The first-order chi connectivity index (χ1) is 10.1. The predicted octanol–water partition coefficient (Wildman–Crippen LogP) is 3.03. The van der Waals surface area contributed by atoms with Crippen molar-refractivity contribution in [2.24, 2.45) is 0 Å². The monoisotopic (exact) mass is 287 g/mol. The van der Waals surface area contributed by atoms with E-state index in [2.05, 4.69) is 15.6 Å². The van der Waals surface area contributed by atoms with Crippen molar-refractivity contribution in [3.63, 3.8) is 0 Å². The van der Waals surface area contributed by atoms with Crippen LogP contribution < -0.4 is 5.32 Å². The quantitative estimate of drug-likeness (QED) is 0.800. The summed E-state index contributed by atoms with van der Waals surface area (Å²) in [6, 6.07) is 8.76. The third-order valence-electron chi connectivity index (χ3n) is 2.74. The number of carbonyl (C=O) groups is 1. The molecule has 3 aromatic rings. The van der Waals surface area contributed by atoms with Gasteiger partial charge < -0.3 is 14.4 Å². The molecule has 0 aliphatic heterocycles. The van der Waals surface area contributed by atoms with E-state index in [0.29, 0.717) is 17.0 Å². The molecule has 6 nitrogen and oxygen atoms in total. The van der Waals surface area contributed by atoms with Crippen LogP contribution in [0.4, 0.5) is 10.2 Å². The topological polar surface area (TPSA) is 81.2 Å². The first-order valence-electron chi connectivity index (χ1n) is 6.09. The van der Waals surface area contributed by atoms with Crippen LogP contribution in [0.2, 0.25) is 0 Å². The minimum atomic E-state index is -0.496. The minimum absolute atomic E-state index is 0.0231. The molecule has 3 rings (SSSR count). The zero-order valence-corrected chi connectivity index (χ0v) is 11.0. The molecular formula is C14H10FN3O3. The minimum Gasteiger partial charge on any atom is -0.360 e. The SMILES string of the molecule is Cc1cc(NC(=O)c2cc(-c3ccc(F)cc3)no2)no1. The molecule has 7 heteroatoms. The molecule has 0 unspecified atom stereocenters. The van der Waals surface area contributed by atoms with Crippen molar-refractivity contribution in [1.29, 1.82) is 0 Å². The Morgan fingerprint density at radius 1 is 1.14 bits per heavy atom. The van der Waals surface area contributed by atoms with Gasteiger partial charge in [0.15, 0.2) is 5.82 Å². The molecule has 21 heavy (non-hydrogen) atoms. The van der Waals surface area contributed by atoms with Crippen LogP contribution in [-0.4, -0.2) is 16.2 Å². The van der Waals surface area contributed by atoms with Gasteiger partial charge in [-0.15, -0.1) is 0 Å². The smallest absolute Gasteiger partial charge is 0.295 e. The maximum atomic E-state index is 12.9. The number of nitrogens with one attached hydrogen (secondary N) is 1. The van der Waals surface area contributed by atoms with Gasteiger partial charge in [0.1, 0.15) is 17.3 Å². The lowest BCUT2D eigenvalue weighted by Gasteiger charge is -1.95. The van der Waals surface area contributed by atoms with Gasteiger partial charge in [-0.1, -0.05) is 10.3 Å². The van der Waals surface area contributed by atoms with Crippen LogP contribution in [0, 0.1) is 12.7 Å². The zero-order valence-electron chi connectivity index (χ0n) is 11.0. The van der Waals surface area contributed by atoms with E-state index in [1.807, 2.05) is 0 Å². The number of hydrogen-bond donors (Lipinski definition) is 1. The fourth-order valence-electron chi connectivity index (χ4n) is 1.74. The standard InChI is InChI=1S/C14H10FN3O3/c1-8-6-13(18-20-8)16-14(19)12-7-11(17-21-12)9-2-4-10(15)5-3-9/h2-7H,1H3,(H,16,18,19). The van der Waals surface area contributed by atoms with Crippen LogP contribution in [-0.2, 0) is 0 Å². The van der Waals surface area contributed by atoms with E-state index in [1.165, 1.54) is 18.2 Å². The average molecular weight is 287 g/mol. The molecular weight excluding hydrogens is 277 g/mol. The number of hydrogen-bond acceptors (Lipinski definition) is 5. The van der Waals surface area contributed by atoms with E-state index < -0.39 is 5.91 Å². The van der Waals surface area contributed by atoms with Crippen molar-refractivity contribution in [2.75, 3.05) is 5.32 Å². The number of halogens is 1. The Hall–Kier alpha value is -2.96. The highest BCUT2D eigenvalue weighted by atomic mass is 19.1. The van der Waals surface area contributed by atoms with Crippen LogP contribution in [0.25, 0.3) is 11.3 Å². The molecule has 0 aliphatic carbocycles. The van der Waals surface area contributed by atoms with Crippen LogP contribution >= 0.6 is 0 Å². The molecule has 0 saturated carbocycles. The Labute approximate surface area is 118 Å². The van der Waals surface area contributed by atoms with Gasteiger partial charge in [-0.05, 0) is 31.2 Å². The van der Waals surface area contributed by atoms with E-state index in [4.69, 9.17) is 9.05 Å². The maximum Gasteiger partial charge on any atom is 0.295 e. The second-order valence-corrected chi connectivity index (χ2v) is 4.36. The van der Waals surface area contributed by atoms with Gasteiger partial charge in [-0.3, -0.25) is 4.79 Å². The number of benzene rings is 1. The first-order valence-corrected chi connectivity index (χ1v) is 6.09. The number of aromatic nitrogens is 2. The summed E-state index contributed by atoms with van der Waals surface area (Å²) >= 11 is 0. The van der Waals surface area contributed by atoms with E-state index in [0.717, 1.165) is 0 Å². The van der Waals surface area contributed by atoms with E-state index in [1.54, 1.807) is 25.1 Å². The second-order valence-electron chi connectivity index (χ2n) is 4.36. The van der Waals surface area contributed by atoms with Gasteiger partial charge in [0.2, 0.25) is 5.76 Å². The normalized spacial score (nSPS) is 10.6. The summed E-state index contributed by atoms with van der Waals surface area (Å²) in [6.45, 7) is 1.71. The summed E-state index contributed by atoms with van der Waals surface area (Å²) in [5.74, 6) is 0.0489. The molecule has 0 atom stereocenters. The van der Waals surface area contributed by atoms with Gasteiger partial charge in [0.05, 0.1) is 0 Å². The van der Waals surface area contributed by atoms with Crippen LogP contribution in [0.3, 0.4) is 0 Å². The van der Waals surface area contributed by atoms with E-state index in [-0.39, 0.29) is 17.4 Å². The fraction of sp³-hybridized carbons (Fsp3) is 0.0714. The Balaban J connectivity index is 1.78. The molecule has 1 N–H and O–H groups in total. The van der Waals surface area contributed by atoms with Crippen molar-refractivity contribution in [2.45, 2.75) is 6.92 Å². The second kappa shape index (κ2) is 5.20. The van der Waals surface area contributed by atoms with Gasteiger partial charge in [0.25, 0.3) is 5.91 Å². The Morgan fingerprint density at radius 2 is 1.90 bits per heavy atom. The van der Waals surface area contributed by atoms with Crippen molar-refractivity contribution in [3.8, 4) is 11.3 Å². The molecule has 1 amide bonds. The lowest BCUT2D eigenvalue weighted by atomic mass is 10.1. The molecule has 0 fully saturated rings. The average Bonchev–Trinajstić information content (AvgIpc) is 3.09. The van der Waals surface area contributed by atoms with Gasteiger partial charge >= 0.3 is 0 Å². The van der Waals surface area contributed by atoms with Crippen molar-refractivity contribution in [3.05, 3.63) is 53.7 Å².